The number of aromatic nitrogens is 3. The van der Waals surface area contributed by atoms with E-state index in [-0.39, 0.29) is 5.56 Å². The average molecular weight is 530 g/mol. The van der Waals surface area contributed by atoms with Crippen LogP contribution in [-0.4, -0.2) is 35.9 Å². The van der Waals surface area contributed by atoms with Gasteiger partial charge in [-0.05, 0) is 36.8 Å². The molecular formula is C29H27N3O5S. The van der Waals surface area contributed by atoms with Crippen molar-refractivity contribution < 1.29 is 18.6 Å². The summed E-state index contributed by atoms with van der Waals surface area (Å²) in [6, 6.07) is 20.9. The van der Waals surface area contributed by atoms with Crippen LogP contribution in [0.15, 0.2) is 81.1 Å². The van der Waals surface area contributed by atoms with Crippen LogP contribution in [0.25, 0.3) is 22.4 Å². The molecule has 0 aliphatic heterocycles. The third-order valence-electron chi connectivity index (χ3n) is 6.15. The van der Waals surface area contributed by atoms with Gasteiger partial charge in [-0.3, -0.25) is 9.36 Å². The Bertz CT molecular complexity index is 1620. The van der Waals surface area contributed by atoms with E-state index >= 15 is 0 Å². The summed E-state index contributed by atoms with van der Waals surface area (Å²) in [5, 5.41) is 1.21. The zero-order valence-corrected chi connectivity index (χ0v) is 22.4. The number of nitrogens with zero attached hydrogens (tertiary/aromatic N) is 3. The lowest BCUT2D eigenvalue weighted by Crippen LogP contribution is -2.24. The van der Waals surface area contributed by atoms with E-state index in [0.29, 0.717) is 62.8 Å². The molecule has 9 heteroatoms. The summed E-state index contributed by atoms with van der Waals surface area (Å²) in [7, 11) is 4.69. The first-order valence-electron chi connectivity index (χ1n) is 11.9. The van der Waals surface area contributed by atoms with E-state index in [9.17, 15) is 4.79 Å². The van der Waals surface area contributed by atoms with Crippen molar-refractivity contribution in [2.45, 2.75) is 24.4 Å². The first-order valence-corrected chi connectivity index (χ1v) is 12.9. The largest absolute Gasteiger partial charge is 0.493 e. The number of ether oxygens (including phenoxy) is 3. The highest BCUT2D eigenvalue weighted by Gasteiger charge is 2.19. The van der Waals surface area contributed by atoms with E-state index < -0.39 is 0 Å². The minimum Gasteiger partial charge on any atom is -0.493 e. The van der Waals surface area contributed by atoms with E-state index in [2.05, 4.69) is 0 Å². The van der Waals surface area contributed by atoms with Crippen molar-refractivity contribution in [3.63, 3.8) is 0 Å². The standard InChI is InChI=1S/C29H27N3O5S/c1-18-23(30-27(37-18)20-14-24(34-2)26(36-4)25(15-20)35-3)17-38-29-31-22-13-9-8-12-21(22)28(33)32(29)16-19-10-6-5-7-11-19/h5-15H,16-17H2,1-4H3. The number of methoxy groups -OCH3 is 3. The predicted molar refractivity (Wildman–Crippen MR) is 147 cm³/mol. The lowest BCUT2D eigenvalue weighted by atomic mass is 10.2. The molecule has 0 saturated carbocycles. The first-order chi connectivity index (χ1) is 18.5. The van der Waals surface area contributed by atoms with Crippen molar-refractivity contribution in [1.82, 2.24) is 14.5 Å². The van der Waals surface area contributed by atoms with Crippen molar-refractivity contribution >= 4 is 22.7 Å². The Balaban J connectivity index is 1.48. The molecule has 0 fully saturated rings. The molecule has 0 aliphatic rings. The Morgan fingerprint density at radius 2 is 1.58 bits per heavy atom. The summed E-state index contributed by atoms with van der Waals surface area (Å²) in [6.07, 6.45) is 0. The quantitative estimate of drug-likeness (QED) is 0.177. The van der Waals surface area contributed by atoms with Crippen LogP contribution in [0.5, 0.6) is 17.2 Å². The molecule has 0 N–H and O–H groups in total. The van der Waals surface area contributed by atoms with Crippen molar-refractivity contribution in [2.24, 2.45) is 0 Å². The van der Waals surface area contributed by atoms with E-state index in [4.69, 9.17) is 28.6 Å². The number of fused-ring (bicyclic) bond motifs is 1. The predicted octanol–water partition coefficient (Wildman–Crippen LogP) is 5.73. The molecule has 5 aromatic rings. The summed E-state index contributed by atoms with van der Waals surface area (Å²) >= 11 is 1.45. The molecule has 0 radical (unpaired) electrons. The summed E-state index contributed by atoms with van der Waals surface area (Å²) < 4.78 is 24.1. The van der Waals surface area contributed by atoms with Crippen molar-refractivity contribution in [1.29, 1.82) is 0 Å². The van der Waals surface area contributed by atoms with Crippen LogP contribution in [0.3, 0.4) is 0 Å². The van der Waals surface area contributed by atoms with Crippen LogP contribution in [0, 0.1) is 6.92 Å². The molecule has 5 rings (SSSR count). The molecule has 0 spiro atoms. The van der Waals surface area contributed by atoms with Gasteiger partial charge >= 0.3 is 0 Å². The molecule has 2 aromatic heterocycles. The maximum atomic E-state index is 13.4. The molecule has 0 unspecified atom stereocenters. The molecule has 2 heterocycles. The number of hydrogen-bond donors (Lipinski definition) is 0. The number of aryl methyl sites for hydroxylation is 1. The zero-order valence-electron chi connectivity index (χ0n) is 21.6. The molecule has 0 amide bonds. The van der Waals surface area contributed by atoms with E-state index in [1.165, 1.54) is 11.8 Å². The van der Waals surface area contributed by atoms with Gasteiger partial charge in [-0.2, -0.15) is 0 Å². The maximum Gasteiger partial charge on any atom is 0.262 e. The molecule has 0 aliphatic carbocycles. The Kier molecular flexibility index (Phi) is 7.37. The Morgan fingerprint density at radius 1 is 0.895 bits per heavy atom. The Morgan fingerprint density at radius 3 is 2.26 bits per heavy atom. The van der Waals surface area contributed by atoms with E-state index in [1.54, 1.807) is 38.0 Å². The molecule has 0 atom stereocenters. The Labute approximate surface area is 224 Å². The fourth-order valence-corrected chi connectivity index (χ4v) is 5.19. The van der Waals surface area contributed by atoms with Gasteiger partial charge in [-0.15, -0.1) is 0 Å². The van der Waals surface area contributed by atoms with Gasteiger partial charge in [0.1, 0.15) is 5.76 Å². The normalized spacial score (nSPS) is 11.1. The second kappa shape index (κ2) is 11.0. The van der Waals surface area contributed by atoms with Crippen LogP contribution < -0.4 is 19.8 Å². The fourth-order valence-electron chi connectivity index (χ4n) is 4.19. The third kappa shape index (κ3) is 4.97. The number of thioether (sulfide) groups is 1. The molecule has 38 heavy (non-hydrogen) atoms. The molecule has 0 bridgehead atoms. The van der Waals surface area contributed by atoms with Crippen molar-refractivity contribution in [3.8, 4) is 28.7 Å². The van der Waals surface area contributed by atoms with Crippen LogP contribution in [0.4, 0.5) is 0 Å². The van der Waals surface area contributed by atoms with Gasteiger partial charge in [0, 0.05) is 11.3 Å². The highest BCUT2D eigenvalue weighted by atomic mass is 32.2. The molecular weight excluding hydrogens is 502 g/mol. The number of para-hydroxylation sites is 1. The minimum absolute atomic E-state index is 0.0723. The van der Waals surface area contributed by atoms with Crippen LogP contribution in [0.2, 0.25) is 0 Å². The zero-order chi connectivity index (χ0) is 26.6. The van der Waals surface area contributed by atoms with Gasteiger partial charge in [-0.1, -0.05) is 54.2 Å². The van der Waals surface area contributed by atoms with Gasteiger partial charge in [0.25, 0.3) is 5.56 Å². The SMILES string of the molecule is COc1cc(-c2nc(CSc3nc4ccccc4c(=O)n3Cc3ccccc3)c(C)o2)cc(OC)c1OC. The summed E-state index contributed by atoms with van der Waals surface area (Å²) in [5.74, 6) is 3.11. The van der Waals surface area contributed by atoms with Crippen LogP contribution in [0.1, 0.15) is 17.0 Å². The molecule has 0 saturated heterocycles. The van der Waals surface area contributed by atoms with Gasteiger partial charge in [0.05, 0.1) is 44.5 Å². The number of hydrogen-bond acceptors (Lipinski definition) is 8. The van der Waals surface area contributed by atoms with Crippen molar-refractivity contribution in [3.05, 3.63) is 94.1 Å². The highest BCUT2D eigenvalue weighted by Crippen LogP contribution is 2.41. The fraction of sp³-hybridized carbons (Fsp3) is 0.207. The average Bonchev–Trinajstić information content (AvgIpc) is 3.33. The summed E-state index contributed by atoms with van der Waals surface area (Å²) in [4.78, 5) is 23.0. The molecule has 8 nitrogen and oxygen atoms in total. The lowest BCUT2D eigenvalue weighted by Gasteiger charge is -2.13. The summed E-state index contributed by atoms with van der Waals surface area (Å²) in [6.45, 7) is 2.30. The maximum absolute atomic E-state index is 13.4. The summed E-state index contributed by atoms with van der Waals surface area (Å²) in [5.41, 5.74) is 3.07. The number of oxazole rings is 1. The van der Waals surface area contributed by atoms with E-state index in [1.807, 2.05) is 61.5 Å². The van der Waals surface area contributed by atoms with E-state index in [0.717, 1.165) is 11.3 Å². The number of rotatable bonds is 9. The van der Waals surface area contributed by atoms with Crippen molar-refractivity contribution in [2.75, 3.05) is 21.3 Å². The second-order valence-corrected chi connectivity index (χ2v) is 9.46. The second-order valence-electron chi connectivity index (χ2n) is 8.51. The molecule has 194 valence electrons. The monoisotopic (exact) mass is 529 g/mol. The van der Waals surface area contributed by atoms with Gasteiger partial charge in [-0.25, -0.2) is 9.97 Å². The van der Waals surface area contributed by atoms with Gasteiger partial charge < -0.3 is 18.6 Å². The van der Waals surface area contributed by atoms with Crippen LogP contribution in [-0.2, 0) is 12.3 Å². The topological polar surface area (TPSA) is 88.6 Å². The lowest BCUT2D eigenvalue weighted by molar-refractivity contribution is 0.324. The minimum atomic E-state index is -0.0723. The highest BCUT2D eigenvalue weighted by molar-refractivity contribution is 7.98. The number of benzene rings is 3. The van der Waals surface area contributed by atoms with Gasteiger partial charge in [0.15, 0.2) is 16.7 Å². The van der Waals surface area contributed by atoms with Gasteiger partial charge in [0.2, 0.25) is 11.6 Å². The molecule has 3 aromatic carbocycles. The van der Waals surface area contributed by atoms with Crippen LogP contribution >= 0.6 is 11.8 Å². The Hall–Kier alpha value is -4.24. The smallest absolute Gasteiger partial charge is 0.262 e. The first kappa shape index (κ1) is 25.4. The third-order valence-corrected chi connectivity index (χ3v) is 7.14.